The van der Waals surface area contributed by atoms with E-state index in [1.165, 1.54) is 17.8 Å². The van der Waals surface area contributed by atoms with Crippen molar-refractivity contribution in [1.29, 1.82) is 0 Å². The molecule has 1 heterocycles. The van der Waals surface area contributed by atoms with Crippen LogP contribution in [0.3, 0.4) is 0 Å². The molecule has 0 N–H and O–H groups in total. The largest absolute Gasteiger partial charge is 0.411 e. The Balaban J connectivity index is 1.71. The number of aldehydes is 1. The Kier molecular flexibility index (Phi) is 4.73. The zero-order chi connectivity index (χ0) is 16.2. The molecule has 23 heavy (non-hydrogen) atoms. The minimum absolute atomic E-state index is 0.0876. The minimum atomic E-state index is -0.439. The Labute approximate surface area is 140 Å². The standard InChI is InChI=1S/C16H10ClFN2O2S/c17-13-3-1-2-12(14(13)18)9-23-16-20-19-15(22-16)11-6-4-10(8-21)5-7-11/h1-8H,9H2. The molecule has 0 aliphatic rings. The van der Waals surface area contributed by atoms with Crippen LogP contribution in [0, 0.1) is 5.82 Å². The maximum absolute atomic E-state index is 13.8. The molecule has 0 saturated carbocycles. The molecule has 0 amide bonds. The van der Waals surface area contributed by atoms with Gasteiger partial charge in [0.2, 0.25) is 5.89 Å². The molecule has 0 aliphatic heterocycles. The van der Waals surface area contributed by atoms with E-state index < -0.39 is 5.82 Å². The summed E-state index contributed by atoms with van der Waals surface area (Å²) < 4.78 is 19.3. The highest BCUT2D eigenvalue weighted by Crippen LogP contribution is 2.28. The van der Waals surface area contributed by atoms with Crippen LogP contribution in [0.1, 0.15) is 15.9 Å². The highest BCUT2D eigenvalue weighted by molar-refractivity contribution is 7.98. The van der Waals surface area contributed by atoms with Gasteiger partial charge in [0.15, 0.2) is 0 Å². The number of benzene rings is 2. The van der Waals surface area contributed by atoms with Crippen molar-refractivity contribution in [3.05, 3.63) is 64.4 Å². The second-order valence-corrected chi connectivity index (χ2v) is 5.95. The SMILES string of the molecule is O=Cc1ccc(-c2nnc(SCc3cccc(Cl)c3F)o2)cc1. The van der Waals surface area contributed by atoms with Crippen molar-refractivity contribution in [2.75, 3.05) is 0 Å². The van der Waals surface area contributed by atoms with Gasteiger partial charge in [-0.05, 0) is 23.8 Å². The predicted octanol–water partition coefficient (Wildman–Crippen LogP) is 4.63. The van der Waals surface area contributed by atoms with E-state index in [4.69, 9.17) is 16.0 Å². The molecule has 2 aromatic carbocycles. The van der Waals surface area contributed by atoms with Crippen LogP contribution in [0.15, 0.2) is 52.1 Å². The fraction of sp³-hybridized carbons (Fsp3) is 0.0625. The van der Waals surface area contributed by atoms with Gasteiger partial charge in [-0.3, -0.25) is 4.79 Å². The highest BCUT2D eigenvalue weighted by atomic mass is 35.5. The number of carbonyl (C=O) groups is 1. The zero-order valence-electron chi connectivity index (χ0n) is 11.7. The maximum atomic E-state index is 13.8. The number of thioether (sulfide) groups is 1. The van der Waals surface area contributed by atoms with Gasteiger partial charge in [0.25, 0.3) is 5.22 Å². The van der Waals surface area contributed by atoms with Crippen LogP contribution in [0.5, 0.6) is 0 Å². The van der Waals surface area contributed by atoms with E-state index in [1.54, 1.807) is 36.4 Å². The third-order valence-electron chi connectivity index (χ3n) is 3.08. The Hall–Kier alpha value is -2.18. The molecule has 3 rings (SSSR count). The average molecular weight is 349 g/mol. The summed E-state index contributed by atoms with van der Waals surface area (Å²) in [6.07, 6.45) is 0.762. The van der Waals surface area contributed by atoms with E-state index in [0.717, 1.165) is 6.29 Å². The van der Waals surface area contributed by atoms with Crippen molar-refractivity contribution >= 4 is 29.6 Å². The summed E-state index contributed by atoms with van der Waals surface area (Å²) >= 11 is 6.97. The van der Waals surface area contributed by atoms with Gasteiger partial charge in [-0.2, -0.15) is 0 Å². The van der Waals surface area contributed by atoms with Crippen LogP contribution in [-0.4, -0.2) is 16.5 Å². The molecule has 116 valence electrons. The molecule has 0 unspecified atom stereocenters. The first-order valence-electron chi connectivity index (χ1n) is 6.62. The Morgan fingerprint density at radius 1 is 1.17 bits per heavy atom. The quantitative estimate of drug-likeness (QED) is 0.497. The van der Waals surface area contributed by atoms with Gasteiger partial charge in [0.1, 0.15) is 12.1 Å². The van der Waals surface area contributed by atoms with Crippen LogP contribution in [-0.2, 0) is 5.75 Å². The Morgan fingerprint density at radius 2 is 1.96 bits per heavy atom. The lowest BCUT2D eigenvalue weighted by Crippen LogP contribution is -1.88. The molecule has 7 heteroatoms. The normalized spacial score (nSPS) is 10.7. The monoisotopic (exact) mass is 348 g/mol. The fourth-order valence-electron chi connectivity index (χ4n) is 1.89. The smallest absolute Gasteiger partial charge is 0.277 e. The summed E-state index contributed by atoms with van der Waals surface area (Å²) in [5, 5.41) is 8.29. The lowest BCUT2D eigenvalue weighted by Gasteiger charge is -2.01. The number of hydrogen-bond acceptors (Lipinski definition) is 5. The molecule has 0 atom stereocenters. The van der Waals surface area contributed by atoms with Crippen LogP contribution < -0.4 is 0 Å². The molecule has 0 fully saturated rings. The van der Waals surface area contributed by atoms with Crippen LogP contribution in [0.25, 0.3) is 11.5 Å². The third kappa shape index (κ3) is 3.60. The van der Waals surface area contributed by atoms with Crippen LogP contribution in [0.4, 0.5) is 4.39 Å². The summed E-state index contributed by atoms with van der Waals surface area (Å²) in [7, 11) is 0. The number of rotatable bonds is 5. The van der Waals surface area contributed by atoms with Gasteiger partial charge < -0.3 is 4.42 Å². The molecule has 4 nitrogen and oxygen atoms in total. The van der Waals surface area contributed by atoms with Crippen LogP contribution >= 0.6 is 23.4 Å². The molecule has 1 aromatic heterocycles. The van der Waals surface area contributed by atoms with Crippen molar-refractivity contribution in [1.82, 2.24) is 10.2 Å². The molecular weight excluding hydrogens is 339 g/mol. The van der Waals surface area contributed by atoms with E-state index in [9.17, 15) is 9.18 Å². The van der Waals surface area contributed by atoms with E-state index >= 15 is 0 Å². The lowest BCUT2D eigenvalue weighted by molar-refractivity contribution is 0.112. The highest BCUT2D eigenvalue weighted by Gasteiger charge is 2.12. The van der Waals surface area contributed by atoms with Crippen molar-refractivity contribution in [3.8, 4) is 11.5 Å². The first-order chi connectivity index (χ1) is 11.2. The summed E-state index contributed by atoms with van der Waals surface area (Å²) in [6, 6.07) is 11.6. The van der Waals surface area contributed by atoms with E-state index in [0.29, 0.717) is 33.6 Å². The summed E-state index contributed by atoms with van der Waals surface area (Å²) in [4.78, 5) is 10.6. The van der Waals surface area contributed by atoms with Crippen molar-refractivity contribution in [2.45, 2.75) is 11.0 Å². The topological polar surface area (TPSA) is 56.0 Å². The molecule has 0 radical (unpaired) electrons. The number of hydrogen-bond donors (Lipinski definition) is 0. The molecule has 0 saturated heterocycles. The van der Waals surface area contributed by atoms with Gasteiger partial charge in [-0.25, -0.2) is 4.39 Å². The number of aromatic nitrogens is 2. The lowest BCUT2D eigenvalue weighted by atomic mass is 10.1. The van der Waals surface area contributed by atoms with Crippen LogP contribution in [0.2, 0.25) is 5.02 Å². The van der Waals surface area contributed by atoms with Crippen molar-refractivity contribution < 1.29 is 13.6 Å². The van der Waals surface area contributed by atoms with Crippen molar-refractivity contribution in [3.63, 3.8) is 0 Å². The Bertz CT molecular complexity index is 836. The second kappa shape index (κ2) is 6.93. The van der Waals surface area contributed by atoms with Crippen molar-refractivity contribution in [2.24, 2.45) is 0 Å². The maximum Gasteiger partial charge on any atom is 0.277 e. The molecule has 0 bridgehead atoms. The van der Waals surface area contributed by atoms with Gasteiger partial charge in [0, 0.05) is 16.9 Å². The molecule has 0 spiro atoms. The van der Waals surface area contributed by atoms with Gasteiger partial charge >= 0.3 is 0 Å². The van der Waals surface area contributed by atoms with Gasteiger partial charge in [0.05, 0.1) is 5.02 Å². The third-order valence-corrected chi connectivity index (χ3v) is 4.24. The first kappa shape index (κ1) is 15.7. The zero-order valence-corrected chi connectivity index (χ0v) is 13.3. The fourth-order valence-corrected chi connectivity index (χ4v) is 2.82. The summed E-state index contributed by atoms with van der Waals surface area (Å²) in [6.45, 7) is 0. The summed E-state index contributed by atoms with van der Waals surface area (Å²) in [5.41, 5.74) is 1.75. The van der Waals surface area contributed by atoms with E-state index in [1.807, 2.05) is 0 Å². The molecule has 0 aliphatic carbocycles. The minimum Gasteiger partial charge on any atom is -0.411 e. The van der Waals surface area contributed by atoms with Gasteiger partial charge in [-0.1, -0.05) is 47.6 Å². The predicted molar refractivity (Wildman–Crippen MR) is 86.1 cm³/mol. The van der Waals surface area contributed by atoms with E-state index in [-0.39, 0.29) is 5.02 Å². The van der Waals surface area contributed by atoms with E-state index in [2.05, 4.69) is 10.2 Å². The first-order valence-corrected chi connectivity index (χ1v) is 7.98. The number of carbonyl (C=O) groups excluding carboxylic acids is 1. The molecular formula is C16H10ClFN2O2S. The average Bonchev–Trinajstić information content (AvgIpc) is 3.05. The number of halogens is 2. The molecule has 3 aromatic rings. The second-order valence-electron chi connectivity index (χ2n) is 4.61. The van der Waals surface area contributed by atoms with Gasteiger partial charge in [-0.15, -0.1) is 10.2 Å². The number of nitrogens with zero attached hydrogens (tertiary/aromatic N) is 2. The Morgan fingerprint density at radius 3 is 2.70 bits per heavy atom. The summed E-state index contributed by atoms with van der Waals surface area (Å²) in [5.74, 6) is 0.236.